The van der Waals surface area contributed by atoms with Crippen molar-refractivity contribution in [2.45, 2.75) is 63.6 Å². The van der Waals surface area contributed by atoms with Gasteiger partial charge in [0.1, 0.15) is 6.04 Å². The number of likely N-dealkylation sites (tertiary alicyclic amines) is 1. The van der Waals surface area contributed by atoms with Gasteiger partial charge in [-0.15, -0.1) is 0 Å². The number of nitrogens with zero attached hydrogens (tertiary/aromatic N) is 1. The van der Waals surface area contributed by atoms with Gasteiger partial charge in [0.2, 0.25) is 0 Å². The van der Waals surface area contributed by atoms with E-state index in [0.29, 0.717) is 24.9 Å². The molecule has 0 spiro atoms. The van der Waals surface area contributed by atoms with Crippen molar-refractivity contribution in [3.63, 3.8) is 0 Å². The number of carbonyl (C=O) groups is 1. The van der Waals surface area contributed by atoms with Gasteiger partial charge in [-0.1, -0.05) is 26.2 Å². The van der Waals surface area contributed by atoms with Gasteiger partial charge >= 0.3 is 5.97 Å². The van der Waals surface area contributed by atoms with Gasteiger partial charge in [0.05, 0.1) is 6.10 Å². The summed E-state index contributed by atoms with van der Waals surface area (Å²) in [6.07, 6.45) is 5.81. The maximum absolute atomic E-state index is 11.2. The first-order valence-corrected chi connectivity index (χ1v) is 6.80. The highest BCUT2D eigenvalue weighted by Gasteiger charge is 2.42. The first kappa shape index (κ1) is 12.8. The minimum Gasteiger partial charge on any atom is -0.480 e. The van der Waals surface area contributed by atoms with Gasteiger partial charge in [-0.05, 0) is 18.8 Å². The number of carboxylic acid groups (broad SMARTS) is 1. The van der Waals surface area contributed by atoms with E-state index >= 15 is 0 Å². The lowest BCUT2D eigenvalue weighted by Crippen LogP contribution is -2.48. The molecule has 1 aliphatic carbocycles. The van der Waals surface area contributed by atoms with Crippen LogP contribution in [0.5, 0.6) is 0 Å². The molecule has 0 amide bonds. The predicted molar refractivity (Wildman–Crippen MR) is 64.8 cm³/mol. The molecule has 1 saturated carbocycles. The molecule has 1 saturated heterocycles. The number of rotatable bonds is 3. The molecule has 98 valence electrons. The molecule has 1 aliphatic heterocycles. The largest absolute Gasteiger partial charge is 0.480 e. The van der Waals surface area contributed by atoms with Crippen molar-refractivity contribution in [1.29, 1.82) is 0 Å². The van der Waals surface area contributed by atoms with Crippen molar-refractivity contribution < 1.29 is 15.0 Å². The van der Waals surface area contributed by atoms with Crippen molar-refractivity contribution in [2.75, 3.05) is 6.54 Å². The van der Waals surface area contributed by atoms with Crippen LogP contribution in [0.25, 0.3) is 0 Å². The fraction of sp³-hybridized carbons (Fsp3) is 0.923. The molecule has 1 heterocycles. The van der Waals surface area contributed by atoms with E-state index in [4.69, 9.17) is 0 Å². The smallest absolute Gasteiger partial charge is 0.321 e. The lowest BCUT2D eigenvalue weighted by atomic mass is 9.81. The minimum absolute atomic E-state index is 0.368. The standard InChI is InChI=1S/C13H23NO3/c1-2-9-5-3-4-6-11(9)14-8-10(15)7-12(14)13(16)17/h9-12,15H,2-8H2,1H3,(H,16,17). The number of aliphatic carboxylic acids is 1. The normalized spacial score (nSPS) is 39.4. The van der Waals surface area contributed by atoms with Crippen LogP contribution in [0.3, 0.4) is 0 Å². The summed E-state index contributed by atoms with van der Waals surface area (Å²) in [5.41, 5.74) is 0. The van der Waals surface area contributed by atoms with E-state index in [0.717, 1.165) is 12.8 Å². The SMILES string of the molecule is CCC1CCCCC1N1CC(O)CC1C(=O)O. The summed E-state index contributed by atoms with van der Waals surface area (Å²) in [6, 6.07) is -0.103. The van der Waals surface area contributed by atoms with Crippen molar-refractivity contribution in [2.24, 2.45) is 5.92 Å². The Morgan fingerprint density at radius 1 is 1.35 bits per heavy atom. The van der Waals surface area contributed by atoms with Crippen molar-refractivity contribution in [3.05, 3.63) is 0 Å². The molecule has 2 fully saturated rings. The van der Waals surface area contributed by atoms with E-state index in [2.05, 4.69) is 11.8 Å². The van der Waals surface area contributed by atoms with Gasteiger partial charge in [-0.2, -0.15) is 0 Å². The Morgan fingerprint density at radius 2 is 2.06 bits per heavy atom. The monoisotopic (exact) mass is 241 g/mol. The molecule has 0 bridgehead atoms. The lowest BCUT2D eigenvalue weighted by molar-refractivity contribution is -0.143. The molecular formula is C13H23NO3. The van der Waals surface area contributed by atoms with Gasteiger partial charge in [-0.25, -0.2) is 0 Å². The zero-order valence-corrected chi connectivity index (χ0v) is 10.5. The topological polar surface area (TPSA) is 60.8 Å². The van der Waals surface area contributed by atoms with Gasteiger partial charge in [-0.3, -0.25) is 9.69 Å². The van der Waals surface area contributed by atoms with Crippen LogP contribution in [0, 0.1) is 5.92 Å². The molecule has 2 aliphatic rings. The summed E-state index contributed by atoms with van der Waals surface area (Å²) < 4.78 is 0. The van der Waals surface area contributed by atoms with Crippen LogP contribution in [0.4, 0.5) is 0 Å². The molecule has 17 heavy (non-hydrogen) atoms. The van der Waals surface area contributed by atoms with Crippen LogP contribution in [-0.4, -0.2) is 45.8 Å². The van der Waals surface area contributed by atoms with Crippen LogP contribution in [0.15, 0.2) is 0 Å². The van der Waals surface area contributed by atoms with E-state index in [1.54, 1.807) is 0 Å². The minimum atomic E-state index is -0.776. The van der Waals surface area contributed by atoms with Crippen molar-refractivity contribution >= 4 is 5.97 Å². The van der Waals surface area contributed by atoms with Crippen molar-refractivity contribution in [1.82, 2.24) is 4.90 Å². The van der Waals surface area contributed by atoms with E-state index in [-0.39, 0.29) is 0 Å². The predicted octanol–water partition coefficient (Wildman–Crippen LogP) is 1.47. The second-order valence-electron chi connectivity index (χ2n) is 5.46. The molecular weight excluding hydrogens is 218 g/mol. The van der Waals surface area contributed by atoms with Gasteiger partial charge < -0.3 is 10.2 Å². The molecule has 4 nitrogen and oxygen atoms in total. The first-order chi connectivity index (χ1) is 8.13. The molecule has 4 unspecified atom stereocenters. The fourth-order valence-corrected chi connectivity index (χ4v) is 3.55. The molecule has 4 heteroatoms. The van der Waals surface area contributed by atoms with E-state index < -0.39 is 18.1 Å². The molecule has 0 aromatic carbocycles. The Morgan fingerprint density at radius 3 is 2.71 bits per heavy atom. The molecule has 4 atom stereocenters. The van der Waals surface area contributed by atoms with E-state index in [1.165, 1.54) is 19.3 Å². The second-order valence-corrected chi connectivity index (χ2v) is 5.46. The average Bonchev–Trinajstić information content (AvgIpc) is 2.71. The summed E-state index contributed by atoms with van der Waals surface area (Å²) in [5.74, 6) is -0.169. The third-order valence-electron chi connectivity index (χ3n) is 4.42. The zero-order chi connectivity index (χ0) is 12.4. The lowest BCUT2D eigenvalue weighted by Gasteiger charge is -2.39. The quantitative estimate of drug-likeness (QED) is 0.785. The van der Waals surface area contributed by atoms with Gasteiger partial charge in [0.25, 0.3) is 0 Å². The summed E-state index contributed by atoms with van der Waals surface area (Å²) in [6.45, 7) is 2.73. The van der Waals surface area contributed by atoms with Gasteiger partial charge in [0.15, 0.2) is 0 Å². The number of aliphatic hydroxyl groups is 1. The molecule has 2 N–H and O–H groups in total. The van der Waals surface area contributed by atoms with E-state index in [1.807, 2.05) is 0 Å². The van der Waals surface area contributed by atoms with Crippen LogP contribution in [0.2, 0.25) is 0 Å². The third kappa shape index (κ3) is 2.63. The van der Waals surface area contributed by atoms with Crippen LogP contribution >= 0.6 is 0 Å². The maximum Gasteiger partial charge on any atom is 0.321 e. The number of carboxylic acids is 1. The second kappa shape index (κ2) is 5.36. The van der Waals surface area contributed by atoms with Crippen LogP contribution in [0.1, 0.15) is 45.4 Å². The number of β-amino-alcohol motifs (C(OH)–C–C–N with tert-alkyl or cyclic N) is 1. The van der Waals surface area contributed by atoms with Gasteiger partial charge in [0, 0.05) is 19.0 Å². The molecule has 0 aromatic rings. The fourth-order valence-electron chi connectivity index (χ4n) is 3.55. The highest BCUT2D eigenvalue weighted by Crippen LogP contribution is 2.34. The van der Waals surface area contributed by atoms with Crippen molar-refractivity contribution in [3.8, 4) is 0 Å². The molecule has 2 rings (SSSR count). The van der Waals surface area contributed by atoms with Crippen LogP contribution in [-0.2, 0) is 4.79 Å². The Kier molecular flexibility index (Phi) is 4.05. The summed E-state index contributed by atoms with van der Waals surface area (Å²) in [5, 5.41) is 18.9. The maximum atomic E-state index is 11.2. The Bertz CT molecular complexity index is 282. The zero-order valence-electron chi connectivity index (χ0n) is 10.5. The Labute approximate surface area is 103 Å². The summed E-state index contributed by atoms with van der Waals surface area (Å²) in [7, 11) is 0. The molecule has 0 aromatic heterocycles. The third-order valence-corrected chi connectivity index (χ3v) is 4.42. The summed E-state index contributed by atoms with van der Waals surface area (Å²) >= 11 is 0. The highest BCUT2D eigenvalue weighted by atomic mass is 16.4. The Hall–Kier alpha value is -0.610. The average molecular weight is 241 g/mol. The number of aliphatic hydroxyl groups excluding tert-OH is 1. The Balaban J connectivity index is 2.10. The first-order valence-electron chi connectivity index (χ1n) is 6.80. The van der Waals surface area contributed by atoms with Crippen LogP contribution < -0.4 is 0 Å². The highest BCUT2D eigenvalue weighted by molar-refractivity contribution is 5.74. The number of hydrogen-bond donors (Lipinski definition) is 2. The molecule has 0 radical (unpaired) electrons. The summed E-state index contributed by atoms with van der Waals surface area (Å²) in [4.78, 5) is 13.3. The van der Waals surface area contributed by atoms with E-state index in [9.17, 15) is 15.0 Å². The number of hydrogen-bond acceptors (Lipinski definition) is 3.